The monoisotopic (exact) mass is 422 g/mol. The molecule has 1 atom stereocenters. The fourth-order valence-corrected chi connectivity index (χ4v) is 7.21. The van der Waals surface area contributed by atoms with Crippen LogP contribution in [0.4, 0.5) is 0 Å². The van der Waals surface area contributed by atoms with Crippen LogP contribution < -0.4 is 15.9 Å². The number of aromatic hydroxyl groups is 1. The molecule has 0 aliphatic heterocycles. The van der Waals surface area contributed by atoms with E-state index < -0.39 is 7.92 Å². The van der Waals surface area contributed by atoms with Crippen molar-refractivity contribution in [3.8, 4) is 16.9 Å². The summed E-state index contributed by atoms with van der Waals surface area (Å²) < 4.78 is 0. The van der Waals surface area contributed by atoms with Crippen LogP contribution in [0.25, 0.3) is 11.1 Å². The third-order valence-corrected chi connectivity index (χ3v) is 8.70. The highest BCUT2D eigenvalue weighted by molar-refractivity contribution is 7.80. The molecule has 1 aliphatic rings. The maximum Gasteiger partial charge on any atom is 0.127 e. The smallest absolute Gasteiger partial charge is 0.127 e. The minimum atomic E-state index is -0.886. The Balaban J connectivity index is 1.75. The first-order valence-electron chi connectivity index (χ1n) is 10.8. The normalized spacial score (nSPS) is 13.5. The number of fused-ring (bicyclic) bond motifs is 3. The molecule has 0 fully saturated rings. The minimum Gasteiger partial charge on any atom is -0.507 e. The van der Waals surface area contributed by atoms with E-state index in [2.05, 4.69) is 112 Å². The van der Waals surface area contributed by atoms with Crippen molar-refractivity contribution >= 4 is 23.8 Å². The number of para-hydroxylation sites is 1. The van der Waals surface area contributed by atoms with Gasteiger partial charge in [-0.25, -0.2) is 0 Å². The van der Waals surface area contributed by atoms with Crippen molar-refractivity contribution in [2.24, 2.45) is 0 Å². The van der Waals surface area contributed by atoms with Gasteiger partial charge in [0, 0.05) is 5.30 Å². The summed E-state index contributed by atoms with van der Waals surface area (Å²) in [6.45, 7) is 6.48. The van der Waals surface area contributed by atoms with Crippen molar-refractivity contribution < 1.29 is 5.11 Å². The molecule has 0 heterocycles. The van der Waals surface area contributed by atoms with Crippen LogP contribution in [0.3, 0.4) is 0 Å². The minimum absolute atomic E-state index is 0.118. The van der Waals surface area contributed by atoms with Crippen molar-refractivity contribution in [2.75, 3.05) is 0 Å². The predicted octanol–water partition coefficient (Wildman–Crippen LogP) is 6.02. The summed E-state index contributed by atoms with van der Waals surface area (Å²) in [4.78, 5) is 0. The first kappa shape index (κ1) is 20.0. The van der Waals surface area contributed by atoms with E-state index in [1.807, 2.05) is 0 Å². The van der Waals surface area contributed by atoms with Crippen LogP contribution in [0.5, 0.6) is 5.75 Å². The molecule has 1 aliphatic carbocycles. The fraction of sp³-hybridized carbons (Fsp3) is 0.172. The lowest BCUT2D eigenvalue weighted by molar-refractivity contribution is 0.451. The van der Waals surface area contributed by atoms with Gasteiger partial charge < -0.3 is 5.11 Å². The molecule has 154 valence electrons. The zero-order valence-corrected chi connectivity index (χ0v) is 19.2. The van der Waals surface area contributed by atoms with Gasteiger partial charge in [0.05, 0.1) is 0 Å². The lowest BCUT2D eigenvalue weighted by Crippen LogP contribution is -2.25. The van der Waals surface area contributed by atoms with Crippen molar-refractivity contribution in [1.82, 2.24) is 0 Å². The van der Waals surface area contributed by atoms with E-state index >= 15 is 0 Å². The van der Waals surface area contributed by atoms with E-state index in [9.17, 15) is 5.11 Å². The van der Waals surface area contributed by atoms with Crippen molar-refractivity contribution in [3.63, 3.8) is 0 Å². The Morgan fingerprint density at radius 3 is 2.10 bits per heavy atom. The van der Waals surface area contributed by atoms with E-state index in [1.54, 1.807) is 0 Å². The summed E-state index contributed by atoms with van der Waals surface area (Å²) in [7, 11) is -0.886. The third kappa shape index (κ3) is 3.48. The number of rotatable bonds is 3. The molecule has 0 saturated carbocycles. The molecule has 1 nitrogen and oxygen atoms in total. The fourth-order valence-electron chi connectivity index (χ4n) is 4.65. The summed E-state index contributed by atoms with van der Waals surface area (Å²) in [6, 6.07) is 32.4. The number of hydrogen-bond donors (Lipinski definition) is 1. The van der Waals surface area contributed by atoms with Crippen LogP contribution in [0.1, 0.15) is 37.5 Å². The second-order valence-electron chi connectivity index (χ2n) is 9.23. The van der Waals surface area contributed by atoms with E-state index in [4.69, 9.17) is 0 Å². The summed E-state index contributed by atoms with van der Waals surface area (Å²) in [5, 5.41) is 15.1. The topological polar surface area (TPSA) is 20.2 Å². The van der Waals surface area contributed by atoms with Gasteiger partial charge in [0.15, 0.2) is 0 Å². The summed E-state index contributed by atoms with van der Waals surface area (Å²) in [5.74, 6) is 0.443. The SMILES string of the molecule is CC(C)(C)c1cccc(P(c2ccccc2)c2cccc3c2Cc2ccccc2-3)c1O. The largest absolute Gasteiger partial charge is 0.507 e. The Labute approximate surface area is 186 Å². The molecule has 0 saturated heterocycles. The summed E-state index contributed by atoms with van der Waals surface area (Å²) >= 11 is 0. The van der Waals surface area contributed by atoms with Gasteiger partial charge in [0.1, 0.15) is 5.75 Å². The average Bonchev–Trinajstić information content (AvgIpc) is 3.15. The Hall–Kier alpha value is -2.89. The van der Waals surface area contributed by atoms with E-state index in [0.717, 1.165) is 17.3 Å². The highest BCUT2D eigenvalue weighted by Gasteiger charge is 2.29. The molecule has 0 amide bonds. The van der Waals surface area contributed by atoms with E-state index in [-0.39, 0.29) is 5.41 Å². The Morgan fingerprint density at radius 1 is 0.677 bits per heavy atom. The van der Waals surface area contributed by atoms with Crippen LogP contribution in [-0.4, -0.2) is 5.11 Å². The average molecular weight is 423 g/mol. The standard InChI is InChI=1S/C29H27OP/c1-29(2,3)25-16-10-18-27(28(25)30)31(21-12-5-4-6-13-21)26-17-9-15-23-22-14-8-7-11-20(22)19-24(23)26/h4-18,30H,19H2,1-3H3. The van der Waals surface area contributed by atoms with E-state index in [1.165, 1.54) is 32.9 Å². The molecule has 1 N–H and O–H groups in total. The van der Waals surface area contributed by atoms with Crippen molar-refractivity contribution in [1.29, 1.82) is 0 Å². The molecule has 0 bridgehead atoms. The predicted molar refractivity (Wildman–Crippen MR) is 134 cm³/mol. The van der Waals surface area contributed by atoms with E-state index in [0.29, 0.717) is 5.75 Å². The van der Waals surface area contributed by atoms with Crippen LogP contribution in [0.15, 0.2) is 91.0 Å². The summed E-state index contributed by atoms with van der Waals surface area (Å²) in [6.07, 6.45) is 0.951. The second kappa shape index (κ2) is 7.66. The maximum absolute atomic E-state index is 11.5. The first-order chi connectivity index (χ1) is 14.9. The highest BCUT2D eigenvalue weighted by Crippen LogP contribution is 2.44. The molecule has 4 aromatic carbocycles. The Bertz CT molecular complexity index is 1250. The van der Waals surface area contributed by atoms with Gasteiger partial charge in [0.2, 0.25) is 0 Å². The molecule has 0 radical (unpaired) electrons. The van der Waals surface area contributed by atoms with Gasteiger partial charge in [0.25, 0.3) is 0 Å². The van der Waals surface area contributed by atoms with Crippen LogP contribution in [-0.2, 0) is 11.8 Å². The van der Waals surface area contributed by atoms with Gasteiger partial charge in [-0.15, -0.1) is 0 Å². The van der Waals surface area contributed by atoms with Crippen molar-refractivity contribution in [3.05, 3.63) is 108 Å². The summed E-state index contributed by atoms with van der Waals surface area (Å²) in [5.41, 5.74) is 6.36. The lowest BCUT2D eigenvalue weighted by atomic mass is 9.86. The number of phenolic OH excluding ortho intramolecular Hbond substituents is 1. The van der Waals surface area contributed by atoms with Gasteiger partial charge in [-0.2, -0.15) is 0 Å². The zero-order valence-electron chi connectivity index (χ0n) is 18.3. The van der Waals surface area contributed by atoms with Crippen LogP contribution in [0.2, 0.25) is 0 Å². The first-order valence-corrected chi connectivity index (χ1v) is 12.2. The van der Waals surface area contributed by atoms with Crippen LogP contribution in [0, 0.1) is 0 Å². The molecular weight excluding hydrogens is 395 g/mol. The molecule has 4 aromatic rings. The van der Waals surface area contributed by atoms with Gasteiger partial charge in [-0.05, 0) is 58.2 Å². The molecular formula is C29H27OP. The number of phenols is 1. The highest BCUT2D eigenvalue weighted by atomic mass is 31.1. The van der Waals surface area contributed by atoms with Crippen LogP contribution >= 0.6 is 7.92 Å². The van der Waals surface area contributed by atoms with Gasteiger partial charge >= 0.3 is 0 Å². The van der Waals surface area contributed by atoms with Crippen molar-refractivity contribution in [2.45, 2.75) is 32.6 Å². The quantitative estimate of drug-likeness (QED) is 0.353. The number of hydrogen-bond acceptors (Lipinski definition) is 1. The lowest BCUT2D eigenvalue weighted by Gasteiger charge is -2.27. The van der Waals surface area contributed by atoms with Gasteiger partial charge in [-0.3, -0.25) is 0 Å². The second-order valence-corrected chi connectivity index (χ2v) is 11.4. The molecule has 0 aromatic heterocycles. The number of benzene rings is 4. The zero-order chi connectivity index (χ0) is 21.6. The Kier molecular flexibility index (Phi) is 4.95. The van der Waals surface area contributed by atoms with Gasteiger partial charge in [-0.1, -0.05) is 112 Å². The third-order valence-electron chi connectivity index (χ3n) is 6.14. The molecule has 2 heteroatoms. The molecule has 31 heavy (non-hydrogen) atoms. The maximum atomic E-state index is 11.5. The molecule has 1 unspecified atom stereocenters. The molecule has 0 spiro atoms. The Morgan fingerprint density at radius 2 is 1.32 bits per heavy atom. The molecule has 5 rings (SSSR count).